The Balaban J connectivity index is 1.54. The molecule has 3 amide bonds. The summed E-state index contributed by atoms with van der Waals surface area (Å²) in [4.78, 5) is 26.5. The molecule has 1 aliphatic carbocycles. The van der Waals surface area contributed by atoms with Gasteiger partial charge in [0, 0.05) is 31.0 Å². The van der Waals surface area contributed by atoms with Gasteiger partial charge < -0.3 is 16.0 Å². The molecule has 1 saturated carbocycles. The van der Waals surface area contributed by atoms with Gasteiger partial charge in [0.2, 0.25) is 5.92 Å². The van der Waals surface area contributed by atoms with Crippen LogP contribution in [-0.4, -0.2) is 45.1 Å². The Hall–Kier alpha value is -2.39. The normalized spacial score (nSPS) is 18.5. The van der Waals surface area contributed by atoms with E-state index in [2.05, 4.69) is 10.4 Å². The first-order chi connectivity index (χ1) is 14.6. The molecule has 2 heterocycles. The first-order valence-electron chi connectivity index (χ1n) is 9.93. The Morgan fingerprint density at radius 1 is 1.16 bits per heavy atom. The highest BCUT2D eigenvalue weighted by molar-refractivity contribution is 6.42. The number of primary amides is 1. The van der Waals surface area contributed by atoms with Crippen LogP contribution in [-0.2, 0) is 13.1 Å². The summed E-state index contributed by atoms with van der Waals surface area (Å²) >= 11 is 12.1. The van der Waals surface area contributed by atoms with Crippen molar-refractivity contribution in [1.29, 1.82) is 0 Å². The topological polar surface area (TPSA) is 93.2 Å². The molecule has 1 fully saturated rings. The first kappa shape index (κ1) is 21.8. The minimum Gasteiger partial charge on any atom is -0.365 e. The van der Waals surface area contributed by atoms with Crippen LogP contribution in [0.1, 0.15) is 41.7 Å². The molecule has 11 heteroatoms. The second-order valence-electron chi connectivity index (χ2n) is 7.89. The van der Waals surface area contributed by atoms with Crippen LogP contribution in [0.3, 0.4) is 0 Å². The number of carbonyl (C=O) groups excluding carboxylic acids is 2. The largest absolute Gasteiger partial charge is 0.365 e. The highest BCUT2D eigenvalue weighted by atomic mass is 35.5. The number of hydrogen-bond donors (Lipinski definition) is 2. The molecular formula is C20H21Cl2F2N5O2. The van der Waals surface area contributed by atoms with Gasteiger partial charge in [-0.15, -0.1) is 0 Å². The van der Waals surface area contributed by atoms with Crippen molar-refractivity contribution in [2.75, 3.05) is 6.54 Å². The molecule has 166 valence electrons. The Morgan fingerprint density at radius 2 is 1.87 bits per heavy atom. The number of amides is 3. The molecule has 0 saturated heterocycles. The van der Waals surface area contributed by atoms with Crippen LogP contribution >= 0.6 is 23.2 Å². The molecule has 2 aromatic rings. The van der Waals surface area contributed by atoms with Crippen LogP contribution in [0.15, 0.2) is 18.2 Å². The average Bonchev–Trinajstić information content (AvgIpc) is 3.10. The molecule has 1 aliphatic heterocycles. The van der Waals surface area contributed by atoms with Gasteiger partial charge in [0.15, 0.2) is 0 Å². The maximum Gasteiger partial charge on any atom is 0.318 e. The zero-order chi connectivity index (χ0) is 22.3. The summed E-state index contributed by atoms with van der Waals surface area (Å²) in [5, 5.41) is 8.04. The SMILES string of the molecule is NC(=O)c1c(-c2ccc(Cl)c(Cl)c2)nn2c1CN(C(=O)NC1CCC(F)(F)CC1)CC2. The van der Waals surface area contributed by atoms with E-state index in [0.29, 0.717) is 40.1 Å². The molecule has 2 aliphatic rings. The van der Waals surface area contributed by atoms with Gasteiger partial charge in [0.05, 0.1) is 34.4 Å². The predicted molar refractivity (Wildman–Crippen MR) is 112 cm³/mol. The summed E-state index contributed by atoms with van der Waals surface area (Å²) in [6.07, 6.45) is 0.00412. The van der Waals surface area contributed by atoms with E-state index in [1.165, 1.54) is 4.90 Å². The van der Waals surface area contributed by atoms with Crippen LogP contribution in [0.4, 0.5) is 13.6 Å². The molecule has 0 bridgehead atoms. The zero-order valence-electron chi connectivity index (χ0n) is 16.5. The number of nitrogens with two attached hydrogens (primary N) is 1. The number of rotatable bonds is 3. The molecule has 0 radical (unpaired) electrons. The van der Waals surface area contributed by atoms with Crippen LogP contribution in [0, 0.1) is 0 Å². The number of aromatic nitrogens is 2. The fourth-order valence-electron chi connectivity index (χ4n) is 4.05. The van der Waals surface area contributed by atoms with Crippen LogP contribution in [0.25, 0.3) is 11.3 Å². The van der Waals surface area contributed by atoms with E-state index in [1.807, 2.05) is 0 Å². The second-order valence-corrected chi connectivity index (χ2v) is 8.70. The van der Waals surface area contributed by atoms with Crippen molar-refractivity contribution >= 4 is 35.1 Å². The van der Waals surface area contributed by atoms with E-state index in [-0.39, 0.29) is 49.9 Å². The van der Waals surface area contributed by atoms with Crippen molar-refractivity contribution in [3.8, 4) is 11.3 Å². The van der Waals surface area contributed by atoms with E-state index in [9.17, 15) is 18.4 Å². The molecule has 7 nitrogen and oxygen atoms in total. The second kappa shape index (κ2) is 8.27. The first-order valence-corrected chi connectivity index (χ1v) is 10.7. The van der Waals surface area contributed by atoms with Crippen molar-refractivity contribution in [3.05, 3.63) is 39.5 Å². The summed E-state index contributed by atoms with van der Waals surface area (Å²) in [7, 11) is 0. The van der Waals surface area contributed by atoms with Crippen LogP contribution in [0.2, 0.25) is 10.0 Å². The van der Waals surface area contributed by atoms with E-state index in [1.54, 1.807) is 22.9 Å². The minimum atomic E-state index is -2.66. The number of nitrogens with zero attached hydrogens (tertiary/aromatic N) is 3. The summed E-state index contributed by atoms with van der Waals surface area (Å²) in [5.41, 5.74) is 7.34. The van der Waals surface area contributed by atoms with E-state index >= 15 is 0 Å². The fourth-order valence-corrected chi connectivity index (χ4v) is 4.34. The van der Waals surface area contributed by atoms with E-state index in [4.69, 9.17) is 28.9 Å². The monoisotopic (exact) mass is 471 g/mol. The number of halogens is 4. The van der Waals surface area contributed by atoms with Crippen LogP contribution < -0.4 is 11.1 Å². The quantitative estimate of drug-likeness (QED) is 0.706. The van der Waals surface area contributed by atoms with Gasteiger partial charge in [-0.1, -0.05) is 29.3 Å². The fraction of sp³-hybridized carbons (Fsp3) is 0.450. The lowest BCUT2D eigenvalue weighted by atomic mass is 9.92. The van der Waals surface area contributed by atoms with Gasteiger partial charge in [0.25, 0.3) is 5.91 Å². The number of benzene rings is 1. The molecule has 0 atom stereocenters. The molecule has 0 spiro atoms. The summed E-state index contributed by atoms with van der Waals surface area (Å²) in [5.74, 6) is -3.32. The van der Waals surface area contributed by atoms with Gasteiger partial charge in [-0.3, -0.25) is 9.48 Å². The number of urea groups is 1. The number of nitrogens with one attached hydrogen (secondary N) is 1. The molecule has 1 aromatic carbocycles. The van der Waals surface area contributed by atoms with E-state index < -0.39 is 11.8 Å². The number of alkyl halides is 2. The summed E-state index contributed by atoms with van der Waals surface area (Å²) < 4.78 is 28.4. The Kier molecular flexibility index (Phi) is 5.83. The van der Waals surface area contributed by atoms with Crippen molar-refractivity contribution in [3.63, 3.8) is 0 Å². The molecule has 4 rings (SSSR count). The number of carbonyl (C=O) groups is 2. The van der Waals surface area contributed by atoms with Crippen molar-refractivity contribution in [1.82, 2.24) is 20.0 Å². The van der Waals surface area contributed by atoms with E-state index in [0.717, 1.165) is 0 Å². The van der Waals surface area contributed by atoms with Crippen molar-refractivity contribution < 1.29 is 18.4 Å². The summed E-state index contributed by atoms with van der Waals surface area (Å²) in [6.45, 7) is 0.858. The van der Waals surface area contributed by atoms with Gasteiger partial charge in [-0.05, 0) is 25.0 Å². The molecular weight excluding hydrogens is 451 g/mol. The maximum absolute atomic E-state index is 13.4. The Morgan fingerprint density at radius 3 is 2.52 bits per heavy atom. The Labute approximate surface area is 187 Å². The molecule has 3 N–H and O–H groups in total. The molecule has 1 aromatic heterocycles. The zero-order valence-corrected chi connectivity index (χ0v) is 18.0. The maximum atomic E-state index is 13.4. The van der Waals surface area contributed by atoms with Gasteiger partial charge >= 0.3 is 6.03 Å². The lowest BCUT2D eigenvalue weighted by molar-refractivity contribution is -0.0398. The highest BCUT2D eigenvalue weighted by Crippen LogP contribution is 2.34. The lowest BCUT2D eigenvalue weighted by Crippen LogP contribution is -2.49. The van der Waals surface area contributed by atoms with Gasteiger partial charge in [-0.2, -0.15) is 5.10 Å². The van der Waals surface area contributed by atoms with Crippen molar-refractivity contribution in [2.24, 2.45) is 5.73 Å². The van der Waals surface area contributed by atoms with Gasteiger partial charge in [-0.25, -0.2) is 13.6 Å². The van der Waals surface area contributed by atoms with Crippen molar-refractivity contribution in [2.45, 2.75) is 50.7 Å². The lowest BCUT2D eigenvalue weighted by Gasteiger charge is -2.33. The summed E-state index contributed by atoms with van der Waals surface area (Å²) in [6, 6.07) is 4.26. The molecule has 0 unspecified atom stereocenters. The third kappa shape index (κ3) is 4.48. The number of hydrogen-bond acceptors (Lipinski definition) is 3. The highest BCUT2D eigenvalue weighted by Gasteiger charge is 2.36. The number of fused-ring (bicyclic) bond motifs is 1. The minimum absolute atomic E-state index is 0.126. The predicted octanol–water partition coefficient (Wildman–Crippen LogP) is 4.06. The Bertz CT molecular complexity index is 1030. The van der Waals surface area contributed by atoms with Crippen LogP contribution in [0.5, 0.6) is 0 Å². The smallest absolute Gasteiger partial charge is 0.318 e. The third-order valence-corrected chi connectivity index (χ3v) is 6.49. The van der Waals surface area contributed by atoms with Gasteiger partial charge in [0.1, 0.15) is 5.69 Å². The standard InChI is InChI=1S/C20H21Cl2F2N5O2/c21-13-2-1-11(9-14(13)22)17-16(18(25)30)15-10-28(7-8-29(15)27-17)19(31)26-12-3-5-20(23,24)6-4-12/h1-2,9,12H,3-8,10H2,(H2,25,30)(H,26,31). The third-order valence-electron chi connectivity index (χ3n) is 5.75. The molecule has 31 heavy (non-hydrogen) atoms. The average molecular weight is 472 g/mol.